The number of carboxylic acids is 1. The highest BCUT2D eigenvalue weighted by atomic mass is 16.5. The zero-order valence-corrected chi connectivity index (χ0v) is 9.57. The first-order valence-electron chi connectivity index (χ1n) is 5.89. The number of fused-ring (bicyclic) bond motifs is 1. The van der Waals surface area contributed by atoms with E-state index in [1.165, 1.54) is 5.57 Å². The number of allylic oxidation sites excluding steroid dienone is 2. The molecular weight excluding hydrogens is 206 g/mol. The summed E-state index contributed by atoms with van der Waals surface area (Å²) in [6, 6.07) is 0. The van der Waals surface area contributed by atoms with E-state index >= 15 is 0 Å². The summed E-state index contributed by atoms with van der Waals surface area (Å²) in [6.45, 7) is 2.52. The number of aliphatic carboxylic acids is 1. The largest absolute Gasteiger partial charge is 0.481 e. The smallest absolute Gasteiger partial charge is 0.303 e. The van der Waals surface area contributed by atoms with Crippen LogP contribution in [-0.2, 0) is 4.79 Å². The highest BCUT2D eigenvalue weighted by Crippen LogP contribution is 2.59. The van der Waals surface area contributed by atoms with Crippen LogP contribution in [-0.4, -0.2) is 22.8 Å². The molecule has 3 N–H and O–H groups in total. The van der Waals surface area contributed by atoms with Gasteiger partial charge in [-0.2, -0.15) is 0 Å². The van der Waals surface area contributed by atoms with E-state index in [0.29, 0.717) is 18.4 Å². The summed E-state index contributed by atoms with van der Waals surface area (Å²) in [7, 11) is 0. The molecule has 90 valence electrons. The van der Waals surface area contributed by atoms with Crippen LogP contribution in [0.3, 0.4) is 0 Å². The second-order valence-electron chi connectivity index (χ2n) is 5.14. The fourth-order valence-electron chi connectivity index (χ4n) is 3.46. The Labute approximate surface area is 95.3 Å². The Morgan fingerprint density at radius 2 is 2.44 bits per heavy atom. The van der Waals surface area contributed by atoms with Gasteiger partial charge >= 0.3 is 5.97 Å². The number of hydrogen-bond acceptors (Lipinski definition) is 3. The lowest BCUT2D eigenvalue weighted by molar-refractivity contribution is -0.145. The van der Waals surface area contributed by atoms with Gasteiger partial charge in [0, 0.05) is 12.0 Å². The lowest BCUT2D eigenvalue weighted by Gasteiger charge is -2.51. The van der Waals surface area contributed by atoms with E-state index in [1.807, 2.05) is 0 Å². The third-order valence-corrected chi connectivity index (χ3v) is 4.21. The van der Waals surface area contributed by atoms with Gasteiger partial charge < -0.3 is 10.3 Å². The molecule has 0 amide bonds. The predicted molar refractivity (Wildman–Crippen MR) is 59.1 cm³/mol. The molecule has 0 unspecified atom stereocenters. The maximum atomic E-state index is 10.9. The molecule has 0 heterocycles. The molecule has 2 aliphatic rings. The third kappa shape index (κ3) is 1.76. The van der Waals surface area contributed by atoms with E-state index in [1.54, 1.807) is 0 Å². The lowest BCUT2D eigenvalue weighted by Crippen LogP contribution is -2.52. The summed E-state index contributed by atoms with van der Waals surface area (Å²) in [5, 5.41) is 17.8. The second kappa shape index (κ2) is 4.18. The van der Waals surface area contributed by atoms with Gasteiger partial charge in [-0.05, 0) is 31.1 Å². The minimum atomic E-state index is -0.771. The lowest BCUT2D eigenvalue weighted by atomic mass is 9.53. The molecular formula is C12H19NO3. The Bertz CT molecular complexity index is 326. The van der Waals surface area contributed by atoms with Gasteiger partial charge in [0.2, 0.25) is 0 Å². The van der Waals surface area contributed by atoms with Crippen molar-refractivity contribution in [2.24, 2.45) is 17.3 Å². The zero-order valence-electron chi connectivity index (χ0n) is 9.57. The molecule has 3 atom stereocenters. The topological polar surface area (TPSA) is 69.6 Å². The average Bonchev–Trinajstić information content (AvgIpc) is 2.55. The van der Waals surface area contributed by atoms with Gasteiger partial charge in [-0.25, -0.2) is 5.48 Å². The fraction of sp³-hybridized carbons (Fsp3) is 0.750. The van der Waals surface area contributed by atoms with Gasteiger partial charge in [-0.1, -0.05) is 18.6 Å². The van der Waals surface area contributed by atoms with Gasteiger partial charge in [0.1, 0.15) is 0 Å². The summed E-state index contributed by atoms with van der Waals surface area (Å²) < 4.78 is 0. The van der Waals surface area contributed by atoms with Crippen LogP contribution in [0.1, 0.15) is 32.6 Å². The van der Waals surface area contributed by atoms with E-state index in [9.17, 15) is 4.79 Å². The molecule has 0 aromatic carbocycles. The van der Waals surface area contributed by atoms with Crippen molar-refractivity contribution in [2.75, 3.05) is 6.54 Å². The third-order valence-electron chi connectivity index (χ3n) is 4.21. The van der Waals surface area contributed by atoms with E-state index in [4.69, 9.17) is 10.3 Å². The van der Waals surface area contributed by atoms with Crippen LogP contribution in [0.25, 0.3) is 0 Å². The molecule has 0 radical (unpaired) electrons. The summed E-state index contributed by atoms with van der Waals surface area (Å²) in [4.78, 5) is 10.9. The number of rotatable bonds is 5. The van der Waals surface area contributed by atoms with Gasteiger partial charge in [0.05, 0.1) is 6.42 Å². The molecule has 0 aromatic heterocycles. The Kier molecular flexibility index (Phi) is 3.04. The van der Waals surface area contributed by atoms with Crippen LogP contribution in [0.15, 0.2) is 11.6 Å². The standard InChI is InChI=1S/C12H19NO3/c1-2-8-3-9-5-12(7-13-16,6-11(14)15)10(9)4-8/h4,9-10,13,16H,2-3,5-7H2,1H3,(H,14,15)/t9-,10-,12-/m1/s1. The van der Waals surface area contributed by atoms with Crippen molar-refractivity contribution >= 4 is 5.97 Å². The quantitative estimate of drug-likeness (QED) is 0.493. The van der Waals surface area contributed by atoms with E-state index < -0.39 is 5.97 Å². The molecule has 16 heavy (non-hydrogen) atoms. The Morgan fingerprint density at radius 1 is 1.69 bits per heavy atom. The minimum Gasteiger partial charge on any atom is -0.481 e. The SMILES string of the molecule is CCC1=C[C@@H]2[C@H](C1)C[C@]2(CNO)CC(=O)O. The highest BCUT2D eigenvalue weighted by Gasteiger charge is 2.55. The van der Waals surface area contributed by atoms with Gasteiger partial charge in [0.15, 0.2) is 0 Å². The van der Waals surface area contributed by atoms with Crippen molar-refractivity contribution in [3.63, 3.8) is 0 Å². The maximum Gasteiger partial charge on any atom is 0.303 e. The number of hydroxylamine groups is 1. The number of hydrogen-bond donors (Lipinski definition) is 3. The van der Waals surface area contributed by atoms with Gasteiger partial charge in [-0.3, -0.25) is 4.79 Å². The van der Waals surface area contributed by atoms with E-state index in [0.717, 1.165) is 19.3 Å². The Balaban J connectivity index is 2.11. The average molecular weight is 225 g/mol. The molecule has 1 fully saturated rings. The summed E-state index contributed by atoms with van der Waals surface area (Å²) in [6.07, 6.45) is 5.48. The molecule has 4 nitrogen and oxygen atoms in total. The second-order valence-corrected chi connectivity index (χ2v) is 5.14. The molecule has 0 bridgehead atoms. The Hall–Kier alpha value is -0.870. The molecule has 4 heteroatoms. The first-order valence-corrected chi connectivity index (χ1v) is 5.89. The van der Waals surface area contributed by atoms with Gasteiger partial charge in [0.25, 0.3) is 0 Å². The highest BCUT2D eigenvalue weighted by molar-refractivity contribution is 5.68. The first kappa shape index (κ1) is 11.6. The zero-order chi connectivity index (χ0) is 11.8. The first-order chi connectivity index (χ1) is 7.61. The molecule has 2 aliphatic carbocycles. The molecule has 0 aromatic rings. The van der Waals surface area contributed by atoms with Crippen molar-refractivity contribution in [3.05, 3.63) is 11.6 Å². The van der Waals surface area contributed by atoms with E-state index in [2.05, 4.69) is 18.5 Å². The van der Waals surface area contributed by atoms with Crippen LogP contribution in [0, 0.1) is 17.3 Å². The van der Waals surface area contributed by atoms with Crippen LogP contribution >= 0.6 is 0 Å². The summed E-state index contributed by atoms with van der Waals surface area (Å²) in [5.74, 6) is 0.188. The molecule has 2 rings (SSSR count). The van der Waals surface area contributed by atoms with E-state index in [-0.39, 0.29) is 11.8 Å². The number of nitrogens with one attached hydrogen (secondary N) is 1. The van der Waals surface area contributed by atoms with Crippen LogP contribution in [0.5, 0.6) is 0 Å². The molecule has 0 aliphatic heterocycles. The van der Waals surface area contributed by atoms with Crippen molar-refractivity contribution in [2.45, 2.75) is 32.6 Å². The van der Waals surface area contributed by atoms with Gasteiger partial charge in [-0.15, -0.1) is 0 Å². The summed E-state index contributed by atoms with van der Waals surface area (Å²) >= 11 is 0. The fourth-order valence-corrected chi connectivity index (χ4v) is 3.46. The monoisotopic (exact) mass is 225 g/mol. The molecule has 1 saturated carbocycles. The molecule has 0 saturated heterocycles. The van der Waals surface area contributed by atoms with Crippen LogP contribution < -0.4 is 5.48 Å². The normalized spacial score (nSPS) is 36.5. The molecule has 0 spiro atoms. The van der Waals surface area contributed by atoms with Crippen molar-refractivity contribution < 1.29 is 15.1 Å². The maximum absolute atomic E-state index is 10.9. The number of carbonyl (C=O) groups is 1. The van der Waals surface area contributed by atoms with Crippen LogP contribution in [0.2, 0.25) is 0 Å². The Morgan fingerprint density at radius 3 is 3.00 bits per heavy atom. The summed E-state index contributed by atoms with van der Waals surface area (Å²) in [5.41, 5.74) is 3.35. The van der Waals surface area contributed by atoms with Crippen molar-refractivity contribution in [3.8, 4) is 0 Å². The number of carboxylic acid groups (broad SMARTS) is 1. The minimum absolute atomic E-state index is 0.148. The van der Waals surface area contributed by atoms with Crippen molar-refractivity contribution in [1.82, 2.24) is 5.48 Å². The van der Waals surface area contributed by atoms with Crippen LogP contribution in [0.4, 0.5) is 0 Å². The van der Waals surface area contributed by atoms with Crippen molar-refractivity contribution in [1.29, 1.82) is 0 Å². The predicted octanol–water partition coefficient (Wildman–Crippen LogP) is 1.80.